The summed E-state index contributed by atoms with van der Waals surface area (Å²) >= 11 is 0. The van der Waals surface area contributed by atoms with Crippen LogP contribution in [0.1, 0.15) is 109 Å². The monoisotopic (exact) mass is 882 g/mol. The molecule has 7 heterocycles. The van der Waals surface area contributed by atoms with Crippen LogP contribution in [0.4, 0.5) is 8.78 Å². The number of aryl methyl sites for hydroxylation is 3. The minimum absolute atomic E-state index is 0.0432. The number of carbonyl (C=O) groups is 1. The van der Waals surface area contributed by atoms with E-state index in [1.807, 2.05) is 19.1 Å². The minimum Gasteiger partial charge on any atom is -0.376 e. The molecule has 1 saturated carbocycles. The third-order valence-corrected chi connectivity index (χ3v) is 13.9. The van der Waals surface area contributed by atoms with Crippen LogP contribution in [0.15, 0.2) is 75.2 Å². The Labute approximate surface area is 370 Å². The first-order valence-corrected chi connectivity index (χ1v) is 22.1. The van der Waals surface area contributed by atoms with Crippen LogP contribution in [0.2, 0.25) is 0 Å². The highest BCUT2D eigenvalue weighted by atomic mass is 19.1. The summed E-state index contributed by atoms with van der Waals surface area (Å²) in [6.45, 7) is 12.4. The quantitative estimate of drug-likeness (QED) is 0.170. The molecule has 1 unspecified atom stereocenters. The topological polar surface area (TPSA) is 156 Å². The molecule has 8 aromatic rings. The summed E-state index contributed by atoms with van der Waals surface area (Å²) < 4.78 is 49.9. The second kappa shape index (κ2) is 14.6. The van der Waals surface area contributed by atoms with Crippen molar-refractivity contribution in [1.82, 2.24) is 48.3 Å². The van der Waals surface area contributed by atoms with Crippen LogP contribution in [0, 0.1) is 31.4 Å². The number of rotatable bonds is 7. The van der Waals surface area contributed by atoms with E-state index in [0.717, 1.165) is 30.2 Å². The van der Waals surface area contributed by atoms with Gasteiger partial charge in [0.05, 0.1) is 57.0 Å². The van der Waals surface area contributed by atoms with E-state index in [4.69, 9.17) is 14.4 Å². The van der Waals surface area contributed by atoms with Gasteiger partial charge in [-0.15, -0.1) is 0 Å². The number of aromatic amines is 1. The molecule has 2 aliphatic heterocycles. The van der Waals surface area contributed by atoms with Crippen LogP contribution in [0.5, 0.6) is 0 Å². The number of hydrogen-bond donors (Lipinski definition) is 1. The first-order valence-electron chi connectivity index (χ1n) is 22.1. The van der Waals surface area contributed by atoms with Crippen molar-refractivity contribution in [2.24, 2.45) is 13.0 Å². The normalized spacial score (nSPS) is 20.5. The molecule has 15 nitrogen and oxygen atoms in total. The van der Waals surface area contributed by atoms with E-state index < -0.39 is 23.3 Å². The molecule has 1 saturated heterocycles. The van der Waals surface area contributed by atoms with Gasteiger partial charge in [-0.2, -0.15) is 10.2 Å². The average molecular weight is 883 g/mol. The van der Waals surface area contributed by atoms with Crippen LogP contribution in [-0.2, 0) is 18.2 Å². The van der Waals surface area contributed by atoms with Crippen molar-refractivity contribution in [1.29, 1.82) is 0 Å². The Kier molecular flexibility index (Phi) is 9.16. The molecule has 3 aromatic carbocycles. The lowest BCUT2D eigenvalue weighted by atomic mass is 9.83. The van der Waals surface area contributed by atoms with Gasteiger partial charge in [0.1, 0.15) is 17.3 Å². The third kappa shape index (κ3) is 6.44. The summed E-state index contributed by atoms with van der Waals surface area (Å²) in [4.78, 5) is 48.2. The number of nitrogens with one attached hydrogen (secondary N) is 1. The number of ether oxygens (including phenoxy) is 1. The molecule has 1 aliphatic carbocycles. The molecule has 11 rings (SSSR count). The first-order chi connectivity index (χ1) is 31.1. The number of benzene rings is 3. The fraction of sp³-hybridized carbons (Fsp3) is 0.375. The van der Waals surface area contributed by atoms with Crippen molar-refractivity contribution in [3.63, 3.8) is 0 Å². The first kappa shape index (κ1) is 40.9. The largest absolute Gasteiger partial charge is 0.446 e. The molecule has 0 spiro atoms. The van der Waals surface area contributed by atoms with Crippen molar-refractivity contribution in [3.8, 4) is 22.9 Å². The summed E-state index contributed by atoms with van der Waals surface area (Å²) in [5.74, 6) is -0.351. The molecule has 2 fully saturated rings. The summed E-state index contributed by atoms with van der Waals surface area (Å²) in [5, 5.41) is 14.5. The number of hydrogen-bond acceptors (Lipinski definition) is 8. The number of aromatic nitrogens is 9. The minimum atomic E-state index is -0.620. The zero-order chi connectivity index (χ0) is 45.4. The van der Waals surface area contributed by atoms with Gasteiger partial charge >= 0.3 is 11.4 Å². The van der Waals surface area contributed by atoms with Crippen molar-refractivity contribution in [2.45, 2.75) is 90.7 Å². The number of imidazole rings is 1. The Balaban J connectivity index is 1.03. The maximum absolute atomic E-state index is 16.1. The van der Waals surface area contributed by atoms with E-state index in [1.54, 1.807) is 70.2 Å². The van der Waals surface area contributed by atoms with Gasteiger partial charge in [-0.1, -0.05) is 12.1 Å². The van der Waals surface area contributed by atoms with Crippen LogP contribution in [0.25, 0.3) is 44.7 Å². The highest BCUT2D eigenvalue weighted by Gasteiger charge is 2.41. The van der Waals surface area contributed by atoms with Gasteiger partial charge in [-0.25, -0.2) is 27.6 Å². The Hall–Kier alpha value is -6.88. The van der Waals surface area contributed by atoms with Gasteiger partial charge in [-0.3, -0.25) is 23.1 Å². The molecule has 5 aromatic heterocycles. The van der Waals surface area contributed by atoms with Gasteiger partial charge < -0.3 is 14.6 Å². The molecule has 1 amide bonds. The van der Waals surface area contributed by atoms with Gasteiger partial charge in [0, 0.05) is 55.9 Å². The van der Waals surface area contributed by atoms with Gasteiger partial charge in [0.2, 0.25) is 0 Å². The SMILES string of the molecule is Cc1cc(-n2nc3c(c2-n2ccn(-c4ccc5c(cnn5C)c4F)c2=O)[C@H](C)N(C(=O)c2cc4cc([C@H]5CCOC(C)(C)C5)cc(-n5c(C6C[C@@H]6C)noc5=O)c4[nH]2)CC3)cc(C)c1F. The lowest BCUT2D eigenvalue weighted by molar-refractivity contribution is -0.0592. The summed E-state index contributed by atoms with van der Waals surface area (Å²) in [5.41, 5.74) is 4.84. The van der Waals surface area contributed by atoms with E-state index in [2.05, 4.69) is 42.1 Å². The molecule has 4 atom stereocenters. The second-order valence-corrected chi connectivity index (χ2v) is 18.8. The third-order valence-electron chi connectivity index (χ3n) is 13.9. The number of fused-ring (bicyclic) bond motifs is 3. The maximum Gasteiger partial charge on any atom is 0.446 e. The van der Waals surface area contributed by atoms with Crippen LogP contribution in [0.3, 0.4) is 0 Å². The second-order valence-electron chi connectivity index (χ2n) is 18.8. The molecule has 0 bridgehead atoms. The Morgan fingerprint density at radius 3 is 2.46 bits per heavy atom. The number of H-pyrrole nitrogens is 1. The van der Waals surface area contributed by atoms with Crippen LogP contribution < -0.4 is 11.4 Å². The van der Waals surface area contributed by atoms with E-state index in [-0.39, 0.29) is 40.2 Å². The highest BCUT2D eigenvalue weighted by molar-refractivity contribution is 6.00. The van der Waals surface area contributed by atoms with Crippen molar-refractivity contribution in [3.05, 3.63) is 133 Å². The Morgan fingerprint density at radius 1 is 0.969 bits per heavy atom. The van der Waals surface area contributed by atoms with Crippen molar-refractivity contribution < 1.29 is 22.8 Å². The highest BCUT2D eigenvalue weighted by Crippen LogP contribution is 2.47. The molecule has 3 aliphatic rings. The van der Waals surface area contributed by atoms with Gasteiger partial charge in [0.25, 0.3) is 5.91 Å². The van der Waals surface area contributed by atoms with E-state index in [1.165, 1.54) is 21.5 Å². The number of halogens is 2. The Morgan fingerprint density at radius 2 is 1.72 bits per heavy atom. The Bertz CT molecular complexity index is 3370. The summed E-state index contributed by atoms with van der Waals surface area (Å²) in [6, 6.07) is 11.9. The molecule has 334 valence electrons. The summed E-state index contributed by atoms with van der Waals surface area (Å²) in [7, 11) is 1.72. The maximum atomic E-state index is 16.1. The lowest BCUT2D eigenvalue weighted by Crippen LogP contribution is -2.39. The zero-order valence-corrected chi connectivity index (χ0v) is 37.1. The van der Waals surface area contributed by atoms with Crippen molar-refractivity contribution in [2.75, 3.05) is 13.2 Å². The van der Waals surface area contributed by atoms with E-state index in [0.29, 0.717) is 87.6 Å². The number of nitrogens with zero attached hydrogens (tertiary/aromatic N) is 9. The molecular weight excluding hydrogens is 835 g/mol. The molecule has 1 N–H and O–H groups in total. The standard InChI is InChI=1S/C48H48F2N10O5/c1-24-18-32(24)43-54-65-47(63)59(43)38-21-29(28-11-15-64-48(5,6)22-28)19-30-20-35(52-42(30)38)45(61)56-12-10-34-39(27(56)4)44(60(53-34)31-16-25(2)40(49)26(3)17-31)58-14-13-57(46(58)62)37-9-8-36-33(41(37)50)23-51-55(36)7/h8-9,13-14,16-17,19-21,23-24,27-28,32,52H,10-12,15,18,22H2,1-7H3/t24-,27-,28-,32?/m0/s1. The molecule has 0 radical (unpaired) electrons. The zero-order valence-electron chi connectivity index (χ0n) is 37.1. The van der Waals surface area contributed by atoms with Gasteiger partial charge in [0.15, 0.2) is 11.6 Å². The van der Waals surface area contributed by atoms with Gasteiger partial charge in [-0.05, 0) is 125 Å². The smallest absolute Gasteiger partial charge is 0.376 e. The summed E-state index contributed by atoms with van der Waals surface area (Å²) in [6.07, 6.45) is 7.30. The van der Waals surface area contributed by atoms with Crippen molar-refractivity contribution >= 4 is 27.7 Å². The molecule has 65 heavy (non-hydrogen) atoms. The van der Waals surface area contributed by atoms with E-state index in [9.17, 15) is 14.4 Å². The number of amides is 1. The predicted molar refractivity (Wildman–Crippen MR) is 238 cm³/mol. The van der Waals surface area contributed by atoms with Crippen LogP contribution >= 0.6 is 0 Å². The lowest BCUT2D eigenvalue weighted by Gasteiger charge is -2.36. The predicted octanol–water partition coefficient (Wildman–Crippen LogP) is 7.77. The molecular formula is C48H48F2N10O5. The fourth-order valence-electron chi connectivity index (χ4n) is 10.3. The fourth-order valence-corrected chi connectivity index (χ4v) is 10.3. The molecule has 17 heteroatoms. The van der Waals surface area contributed by atoms with Crippen LogP contribution in [-0.4, -0.2) is 73.0 Å². The number of carbonyl (C=O) groups excluding carboxylic acids is 1. The van der Waals surface area contributed by atoms with E-state index >= 15 is 8.78 Å². The average Bonchev–Trinajstić information content (AvgIpc) is 3.83.